The number of carbonyl (C=O) groups excluding carboxylic acids is 1. The highest BCUT2D eigenvalue weighted by Gasteiger charge is 2.25. The molecule has 1 fully saturated rings. The second kappa shape index (κ2) is 8.95. The Morgan fingerprint density at radius 1 is 1.39 bits per heavy atom. The maximum atomic E-state index is 12.9. The van der Waals surface area contributed by atoms with Gasteiger partial charge in [0.05, 0.1) is 16.6 Å². The number of halogens is 1. The molecule has 0 spiro atoms. The summed E-state index contributed by atoms with van der Waals surface area (Å²) in [6.45, 7) is 8.15. The van der Waals surface area contributed by atoms with E-state index in [2.05, 4.69) is 36.3 Å². The minimum atomic E-state index is -0.334. The molecule has 28 heavy (non-hydrogen) atoms. The zero-order valence-electron chi connectivity index (χ0n) is 17.3. The van der Waals surface area contributed by atoms with Gasteiger partial charge in [0.1, 0.15) is 5.65 Å². The van der Waals surface area contributed by atoms with E-state index in [4.69, 9.17) is 11.6 Å². The zero-order valence-corrected chi connectivity index (χ0v) is 18.0. The average molecular weight is 400 g/mol. The van der Waals surface area contributed by atoms with Gasteiger partial charge >= 0.3 is 0 Å². The molecule has 5 heteroatoms. The van der Waals surface area contributed by atoms with Crippen LogP contribution in [-0.2, 0) is 4.79 Å². The number of fused-ring (bicyclic) bond motifs is 1. The van der Waals surface area contributed by atoms with E-state index in [0.717, 1.165) is 41.9 Å². The fourth-order valence-electron chi connectivity index (χ4n) is 3.37. The predicted octanol–water partition coefficient (Wildman–Crippen LogP) is 5.95. The summed E-state index contributed by atoms with van der Waals surface area (Å²) in [5.41, 5.74) is 4.92. The van der Waals surface area contributed by atoms with Crippen LogP contribution in [0.4, 0.5) is 0 Å². The lowest BCUT2D eigenvalue weighted by atomic mass is 10.0. The lowest BCUT2D eigenvalue weighted by Gasteiger charge is -2.14. The smallest absolute Gasteiger partial charge is 0.233 e. The monoisotopic (exact) mass is 399 g/mol. The van der Waals surface area contributed by atoms with Gasteiger partial charge in [-0.05, 0) is 68.7 Å². The molecule has 2 aromatic heterocycles. The number of hydrogen-bond donors (Lipinski definition) is 1. The Morgan fingerprint density at radius 2 is 2.14 bits per heavy atom. The minimum Gasteiger partial charge on any atom is -0.329 e. The molecule has 1 aliphatic carbocycles. The van der Waals surface area contributed by atoms with E-state index in [-0.39, 0.29) is 11.8 Å². The third-order valence-electron chi connectivity index (χ3n) is 5.22. The van der Waals surface area contributed by atoms with Crippen molar-refractivity contribution in [2.75, 3.05) is 0 Å². The quantitative estimate of drug-likeness (QED) is 0.558. The van der Waals surface area contributed by atoms with Gasteiger partial charge < -0.3 is 9.72 Å². The standard InChI is InChI=1S/C23H30ClN3O/c1-5-7-18(17-9-10-17)12-19(8-6-2)25-23(28)16(4)21-14-27-13-20(24)15(3)11-22(27)26-21/h7,11-14,16-17H,5-6,8-10H2,1-4H3,(H,25,28)/b18-7-,19-12+. The van der Waals surface area contributed by atoms with Crippen molar-refractivity contribution in [3.8, 4) is 0 Å². The Morgan fingerprint density at radius 3 is 2.79 bits per heavy atom. The molecule has 1 saturated carbocycles. The van der Waals surface area contributed by atoms with Crippen LogP contribution in [0.25, 0.3) is 5.65 Å². The number of aromatic nitrogens is 2. The molecule has 1 N–H and O–H groups in total. The second-order valence-electron chi connectivity index (χ2n) is 7.75. The highest BCUT2D eigenvalue weighted by molar-refractivity contribution is 6.31. The Kier molecular flexibility index (Phi) is 6.61. The summed E-state index contributed by atoms with van der Waals surface area (Å²) in [6.07, 6.45) is 13.6. The fraction of sp³-hybridized carbons (Fsp3) is 0.478. The molecule has 1 aliphatic rings. The number of aryl methyl sites for hydroxylation is 1. The van der Waals surface area contributed by atoms with Gasteiger partial charge in [-0.25, -0.2) is 4.98 Å². The molecule has 4 nitrogen and oxygen atoms in total. The van der Waals surface area contributed by atoms with Gasteiger partial charge in [0.2, 0.25) is 5.91 Å². The third-order valence-corrected chi connectivity index (χ3v) is 5.62. The molecule has 1 amide bonds. The molecule has 0 aromatic carbocycles. The number of allylic oxidation sites excluding steroid dienone is 4. The molecule has 1 atom stereocenters. The van der Waals surface area contributed by atoms with Gasteiger partial charge in [-0.2, -0.15) is 0 Å². The number of carbonyl (C=O) groups is 1. The van der Waals surface area contributed by atoms with Gasteiger partial charge in [0.15, 0.2) is 0 Å². The minimum absolute atomic E-state index is 0.0161. The third kappa shape index (κ3) is 4.85. The number of imidazole rings is 1. The molecular weight excluding hydrogens is 370 g/mol. The lowest BCUT2D eigenvalue weighted by molar-refractivity contribution is -0.121. The van der Waals surface area contributed by atoms with Crippen LogP contribution in [0.15, 0.2) is 41.9 Å². The van der Waals surface area contributed by atoms with E-state index in [1.807, 2.05) is 36.7 Å². The van der Waals surface area contributed by atoms with Crippen molar-refractivity contribution >= 4 is 23.2 Å². The van der Waals surface area contributed by atoms with E-state index < -0.39 is 0 Å². The average Bonchev–Trinajstić information content (AvgIpc) is 3.42. The zero-order chi connectivity index (χ0) is 20.3. The summed E-state index contributed by atoms with van der Waals surface area (Å²) >= 11 is 6.21. The summed E-state index contributed by atoms with van der Waals surface area (Å²) in [6, 6.07) is 1.94. The molecule has 1 unspecified atom stereocenters. The van der Waals surface area contributed by atoms with E-state index in [1.54, 1.807) is 0 Å². The van der Waals surface area contributed by atoms with E-state index in [0.29, 0.717) is 10.9 Å². The fourth-order valence-corrected chi connectivity index (χ4v) is 3.53. The van der Waals surface area contributed by atoms with Crippen LogP contribution in [0, 0.1) is 12.8 Å². The highest BCUT2D eigenvalue weighted by atomic mass is 35.5. The van der Waals surface area contributed by atoms with E-state index in [9.17, 15) is 4.79 Å². The lowest BCUT2D eigenvalue weighted by Crippen LogP contribution is -2.27. The first kappa shape index (κ1) is 20.7. The van der Waals surface area contributed by atoms with Crippen LogP contribution in [-0.4, -0.2) is 15.3 Å². The van der Waals surface area contributed by atoms with Crippen molar-refractivity contribution in [1.29, 1.82) is 0 Å². The van der Waals surface area contributed by atoms with Gasteiger partial charge in [0.25, 0.3) is 0 Å². The largest absolute Gasteiger partial charge is 0.329 e. The summed E-state index contributed by atoms with van der Waals surface area (Å²) in [5.74, 6) is 0.323. The van der Waals surface area contributed by atoms with Crippen LogP contribution < -0.4 is 5.32 Å². The summed E-state index contributed by atoms with van der Waals surface area (Å²) in [4.78, 5) is 17.5. The first-order valence-corrected chi connectivity index (χ1v) is 10.7. The molecule has 2 aromatic rings. The highest BCUT2D eigenvalue weighted by Crippen LogP contribution is 2.38. The maximum Gasteiger partial charge on any atom is 0.233 e. The molecule has 0 bridgehead atoms. The van der Waals surface area contributed by atoms with Crippen molar-refractivity contribution in [2.24, 2.45) is 5.92 Å². The maximum absolute atomic E-state index is 12.9. The number of nitrogens with one attached hydrogen (secondary N) is 1. The van der Waals surface area contributed by atoms with Gasteiger partial charge in [-0.15, -0.1) is 0 Å². The molecule has 0 aliphatic heterocycles. The molecule has 3 rings (SSSR count). The number of hydrogen-bond acceptors (Lipinski definition) is 2. The molecule has 0 saturated heterocycles. The van der Waals surface area contributed by atoms with Gasteiger partial charge in [-0.1, -0.05) is 37.9 Å². The molecule has 2 heterocycles. The SMILES string of the molecule is CC/C=C(/C=C(\CCC)NC(=O)C(C)c1cn2cc(Cl)c(C)cc2n1)C1CC1. The molecular formula is C23H30ClN3O. The van der Waals surface area contributed by atoms with Crippen molar-refractivity contribution in [1.82, 2.24) is 14.7 Å². The second-order valence-corrected chi connectivity index (χ2v) is 8.16. The van der Waals surface area contributed by atoms with Crippen LogP contribution >= 0.6 is 11.6 Å². The molecule has 0 radical (unpaired) electrons. The number of nitrogens with zero attached hydrogens (tertiary/aromatic N) is 2. The van der Waals surface area contributed by atoms with Crippen molar-refractivity contribution in [2.45, 2.75) is 65.7 Å². The van der Waals surface area contributed by atoms with Crippen molar-refractivity contribution < 1.29 is 4.79 Å². The Balaban J connectivity index is 1.78. The van der Waals surface area contributed by atoms with Crippen molar-refractivity contribution in [3.05, 3.63) is 58.2 Å². The number of pyridine rings is 1. The Bertz CT molecular complexity index is 882. The van der Waals surface area contributed by atoms with Crippen LogP contribution in [0.1, 0.15) is 70.1 Å². The van der Waals surface area contributed by atoms with Crippen LogP contribution in [0.2, 0.25) is 5.02 Å². The predicted molar refractivity (Wildman–Crippen MR) is 116 cm³/mol. The van der Waals surface area contributed by atoms with Crippen LogP contribution in [0.5, 0.6) is 0 Å². The van der Waals surface area contributed by atoms with Gasteiger partial charge in [-0.3, -0.25) is 4.79 Å². The summed E-state index contributed by atoms with van der Waals surface area (Å²) in [5, 5.41) is 3.85. The topological polar surface area (TPSA) is 46.4 Å². The van der Waals surface area contributed by atoms with Crippen molar-refractivity contribution in [3.63, 3.8) is 0 Å². The first-order valence-electron chi connectivity index (χ1n) is 10.3. The number of amides is 1. The van der Waals surface area contributed by atoms with Crippen LogP contribution in [0.3, 0.4) is 0 Å². The Hall–Kier alpha value is -2.07. The van der Waals surface area contributed by atoms with Gasteiger partial charge in [0, 0.05) is 18.1 Å². The van der Waals surface area contributed by atoms with E-state index in [1.165, 1.54) is 18.4 Å². The molecule has 150 valence electrons. The Labute approximate surface area is 172 Å². The van der Waals surface area contributed by atoms with E-state index >= 15 is 0 Å². The normalized spacial score (nSPS) is 16.5. The first-order chi connectivity index (χ1) is 13.4. The summed E-state index contributed by atoms with van der Waals surface area (Å²) < 4.78 is 1.88. The summed E-state index contributed by atoms with van der Waals surface area (Å²) in [7, 11) is 0. The number of rotatable bonds is 8.